The smallest absolute Gasteiger partial charge is 0.314 e. The number of hydrogen-bond donors (Lipinski definition) is 3. The standard InChI is InChI=1S/C34H40N4O4/c1-2-42-33(41)34(20-24-10-4-3-5-11-24)16-9-17-38(23-34)32(40)30(19-27-22-36-29-15-7-6-14-28(27)29)37-31(39)26-13-8-12-25(18-26)21-35/h3-8,10-15,18,27,30,36H,2,9,16-17,19-23,35H2,1H3,(H,37,39)/t27?,30-,34+/m1/s1. The Bertz CT molecular complexity index is 1410. The summed E-state index contributed by atoms with van der Waals surface area (Å²) in [5.41, 5.74) is 9.48. The lowest BCUT2D eigenvalue weighted by atomic mass is 9.74. The van der Waals surface area contributed by atoms with E-state index in [4.69, 9.17) is 10.5 Å². The molecule has 8 nitrogen and oxygen atoms in total. The Kier molecular flexibility index (Phi) is 9.22. The highest BCUT2D eigenvalue weighted by Gasteiger charge is 2.46. The fourth-order valence-corrected chi connectivity index (χ4v) is 6.35. The van der Waals surface area contributed by atoms with Gasteiger partial charge >= 0.3 is 5.97 Å². The predicted molar refractivity (Wildman–Crippen MR) is 163 cm³/mol. The van der Waals surface area contributed by atoms with E-state index in [1.54, 1.807) is 30.0 Å². The number of piperidine rings is 1. The Balaban J connectivity index is 1.42. The molecule has 2 amide bonds. The van der Waals surface area contributed by atoms with Crippen LogP contribution in [0.2, 0.25) is 0 Å². The van der Waals surface area contributed by atoms with Gasteiger partial charge in [-0.25, -0.2) is 0 Å². The van der Waals surface area contributed by atoms with Crippen LogP contribution in [0.5, 0.6) is 0 Å². The van der Waals surface area contributed by atoms with Crippen molar-refractivity contribution in [3.8, 4) is 0 Å². The van der Waals surface area contributed by atoms with Crippen LogP contribution in [0, 0.1) is 5.41 Å². The first-order valence-electron chi connectivity index (χ1n) is 14.8. The van der Waals surface area contributed by atoms with E-state index in [0.29, 0.717) is 50.9 Å². The molecule has 1 saturated heterocycles. The summed E-state index contributed by atoms with van der Waals surface area (Å²) in [5.74, 6) is -0.723. The summed E-state index contributed by atoms with van der Waals surface area (Å²) in [6.07, 6.45) is 2.23. The minimum Gasteiger partial charge on any atom is -0.466 e. The number of nitrogens with one attached hydrogen (secondary N) is 2. The zero-order valence-corrected chi connectivity index (χ0v) is 24.2. The lowest BCUT2D eigenvalue weighted by Crippen LogP contribution is -2.56. The van der Waals surface area contributed by atoms with Gasteiger partial charge in [0.05, 0.1) is 12.0 Å². The molecule has 0 bridgehead atoms. The number of nitrogens with zero attached hydrogens (tertiary/aromatic N) is 1. The van der Waals surface area contributed by atoms with Crippen molar-refractivity contribution in [2.24, 2.45) is 11.1 Å². The summed E-state index contributed by atoms with van der Waals surface area (Å²) in [5, 5.41) is 6.49. The molecule has 0 spiro atoms. The SMILES string of the molecule is CCOC(=O)[C@]1(Cc2ccccc2)CCCN(C(=O)[C@@H](CC2CNc3ccccc32)NC(=O)c2cccc(CN)c2)C1. The van der Waals surface area contributed by atoms with Gasteiger partial charge in [0.2, 0.25) is 5.91 Å². The van der Waals surface area contributed by atoms with Crippen molar-refractivity contribution in [1.82, 2.24) is 10.2 Å². The molecule has 0 aliphatic carbocycles. The number of likely N-dealkylation sites (tertiary alicyclic amines) is 1. The van der Waals surface area contributed by atoms with Crippen LogP contribution in [0.15, 0.2) is 78.9 Å². The maximum Gasteiger partial charge on any atom is 0.314 e. The van der Waals surface area contributed by atoms with Gasteiger partial charge in [0.15, 0.2) is 0 Å². The first-order valence-corrected chi connectivity index (χ1v) is 14.8. The topological polar surface area (TPSA) is 114 Å². The van der Waals surface area contributed by atoms with E-state index in [9.17, 15) is 14.4 Å². The summed E-state index contributed by atoms with van der Waals surface area (Å²) in [4.78, 5) is 43.0. The van der Waals surface area contributed by atoms with Gasteiger partial charge in [-0.2, -0.15) is 0 Å². The first-order chi connectivity index (χ1) is 20.4. The second kappa shape index (κ2) is 13.2. The Morgan fingerprint density at radius 3 is 2.60 bits per heavy atom. The lowest BCUT2D eigenvalue weighted by molar-refractivity contribution is -0.161. The number of esters is 1. The van der Waals surface area contributed by atoms with E-state index in [1.165, 1.54) is 0 Å². The molecule has 1 fully saturated rings. The number of amides is 2. The number of anilines is 1. The molecule has 220 valence electrons. The second-order valence-corrected chi connectivity index (χ2v) is 11.4. The van der Waals surface area contributed by atoms with E-state index < -0.39 is 11.5 Å². The molecule has 5 rings (SSSR count). The van der Waals surface area contributed by atoms with Gasteiger partial charge in [0.1, 0.15) is 6.04 Å². The number of ether oxygens (including phenoxy) is 1. The normalized spacial score (nSPS) is 20.2. The third-order valence-corrected chi connectivity index (χ3v) is 8.47. The van der Waals surface area contributed by atoms with Crippen molar-refractivity contribution < 1.29 is 19.1 Å². The highest BCUT2D eigenvalue weighted by molar-refractivity contribution is 5.98. The van der Waals surface area contributed by atoms with E-state index in [2.05, 4.69) is 16.7 Å². The molecular weight excluding hydrogens is 528 g/mol. The Morgan fingerprint density at radius 1 is 1.05 bits per heavy atom. The zero-order chi connectivity index (χ0) is 29.5. The molecule has 2 heterocycles. The fourth-order valence-electron chi connectivity index (χ4n) is 6.35. The summed E-state index contributed by atoms with van der Waals surface area (Å²) < 4.78 is 5.57. The van der Waals surface area contributed by atoms with Gasteiger partial charge < -0.3 is 26.0 Å². The molecule has 0 saturated carbocycles. The molecule has 3 aromatic rings. The minimum atomic E-state index is -0.850. The summed E-state index contributed by atoms with van der Waals surface area (Å²) in [6.45, 7) is 3.84. The molecule has 0 aromatic heterocycles. The van der Waals surface area contributed by atoms with Crippen LogP contribution in [-0.4, -0.2) is 55.0 Å². The van der Waals surface area contributed by atoms with Crippen LogP contribution < -0.4 is 16.4 Å². The lowest BCUT2D eigenvalue weighted by Gasteiger charge is -2.42. The third kappa shape index (κ3) is 6.49. The number of benzene rings is 3. The predicted octanol–water partition coefficient (Wildman–Crippen LogP) is 4.26. The van der Waals surface area contributed by atoms with Crippen LogP contribution >= 0.6 is 0 Å². The first kappa shape index (κ1) is 29.3. The van der Waals surface area contributed by atoms with Crippen LogP contribution in [0.4, 0.5) is 5.69 Å². The maximum absolute atomic E-state index is 14.3. The van der Waals surface area contributed by atoms with Crippen molar-refractivity contribution in [3.63, 3.8) is 0 Å². The van der Waals surface area contributed by atoms with Gasteiger partial charge in [-0.15, -0.1) is 0 Å². The van der Waals surface area contributed by atoms with Crippen molar-refractivity contribution >= 4 is 23.5 Å². The Hall–Kier alpha value is -4.17. The minimum absolute atomic E-state index is 0.0507. The average Bonchev–Trinajstić information content (AvgIpc) is 3.43. The van der Waals surface area contributed by atoms with Crippen LogP contribution in [0.3, 0.4) is 0 Å². The summed E-state index contributed by atoms with van der Waals surface area (Å²) in [7, 11) is 0. The van der Waals surface area contributed by atoms with Gasteiger partial charge in [0.25, 0.3) is 5.91 Å². The van der Waals surface area contributed by atoms with Crippen LogP contribution in [0.25, 0.3) is 0 Å². The van der Waals surface area contributed by atoms with Crippen molar-refractivity contribution in [2.75, 3.05) is 31.6 Å². The molecule has 2 aliphatic rings. The van der Waals surface area contributed by atoms with Crippen molar-refractivity contribution in [3.05, 3.63) is 101 Å². The number of fused-ring (bicyclic) bond motifs is 1. The molecule has 3 aromatic carbocycles. The summed E-state index contributed by atoms with van der Waals surface area (Å²) >= 11 is 0. The van der Waals surface area contributed by atoms with Crippen LogP contribution in [0.1, 0.15) is 59.2 Å². The average molecular weight is 569 g/mol. The molecule has 0 radical (unpaired) electrons. The second-order valence-electron chi connectivity index (χ2n) is 11.4. The number of hydrogen-bond acceptors (Lipinski definition) is 6. The molecule has 1 unspecified atom stereocenters. The molecule has 2 aliphatic heterocycles. The van der Waals surface area contributed by atoms with Crippen molar-refractivity contribution in [1.29, 1.82) is 0 Å². The summed E-state index contributed by atoms with van der Waals surface area (Å²) in [6, 6.07) is 24.3. The molecule has 42 heavy (non-hydrogen) atoms. The van der Waals surface area contributed by atoms with E-state index >= 15 is 0 Å². The number of carbonyl (C=O) groups is 3. The van der Waals surface area contributed by atoms with E-state index in [0.717, 1.165) is 22.4 Å². The quantitative estimate of drug-likeness (QED) is 0.315. The monoisotopic (exact) mass is 568 g/mol. The van der Waals surface area contributed by atoms with Crippen LogP contribution in [-0.2, 0) is 27.3 Å². The number of carbonyl (C=O) groups excluding carboxylic acids is 3. The molecule has 8 heteroatoms. The largest absolute Gasteiger partial charge is 0.466 e. The zero-order valence-electron chi connectivity index (χ0n) is 24.2. The highest BCUT2D eigenvalue weighted by atomic mass is 16.5. The highest BCUT2D eigenvalue weighted by Crippen LogP contribution is 2.37. The van der Waals surface area contributed by atoms with Gasteiger partial charge in [0, 0.05) is 43.3 Å². The van der Waals surface area contributed by atoms with Gasteiger partial charge in [-0.1, -0.05) is 60.7 Å². The Labute approximate surface area is 247 Å². The molecule has 4 N–H and O–H groups in total. The maximum atomic E-state index is 14.3. The number of nitrogens with two attached hydrogens (primary N) is 1. The fraction of sp³-hybridized carbons (Fsp3) is 0.382. The number of para-hydroxylation sites is 1. The molecular formula is C34H40N4O4. The van der Waals surface area contributed by atoms with Gasteiger partial charge in [-0.3, -0.25) is 14.4 Å². The van der Waals surface area contributed by atoms with E-state index in [1.807, 2.05) is 54.6 Å². The van der Waals surface area contributed by atoms with Crippen molar-refractivity contribution in [2.45, 2.75) is 51.1 Å². The van der Waals surface area contributed by atoms with Gasteiger partial charge in [-0.05, 0) is 67.5 Å². The molecule has 3 atom stereocenters. The van der Waals surface area contributed by atoms with E-state index in [-0.39, 0.29) is 36.9 Å². The number of rotatable bonds is 10. The Morgan fingerprint density at radius 2 is 1.81 bits per heavy atom. The third-order valence-electron chi connectivity index (χ3n) is 8.47.